The van der Waals surface area contributed by atoms with Gasteiger partial charge in [0.2, 0.25) is 5.88 Å². The third-order valence-electron chi connectivity index (χ3n) is 3.02. The van der Waals surface area contributed by atoms with Crippen LogP contribution in [0, 0.1) is 0 Å². The van der Waals surface area contributed by atoms with Gasteiger partial charge < -0.3 is 10.1 Å². The molecular formula is C15H15N5OS. The summed E-state index contributed by atoms with van der Waals surface area (Å²) in [6, 6.07) is 5.70. The first-order chi connectivity index (χ1) is 10.8. The second-order valence-corrected chi connectivity index (χ2v) is 5.36. The third kappa shape index (κ3) is 3.56. The Balaban J connectivity index is 1.57. The lowest BCUT2D eigenvalue weighted by Gasteiger charge is -2.05. The van der Waals surface area contributed by atoms with Gasteiger partial charge in [0.05, 0.1) is 12.8 Å². The molecular weight excluding hydrogens is 298 g/mol. The summed E-state index contributed by atoms with van der Waals surface area (Å²) < 4.78 is 5.06. The quantitative estimate of drug-likeness (QED) is 0.754. The number of hydrogen-bond acceptors (Lipinski definition) is 7. The number of ether oxygens (including phenoxy) is 1. The van der Waals surface area contributed by atoms with Crippen molar-refractivity contribution in [1.29, 1.82) is 0 Å². The molecule has 3 rings (SSSR count). The molecule has 112 valence electrons. The van der Waals surface area contributed by atoms with Gasteiger partial charge in [0.15, 0.2) is 0 Å². The van der Waals surface area contributed by atoms with E-state index >= 15 is 0 Å². The number of anilines is 1. The molecule has 0 bridgehead atoms. The van der Waals surface area contributed by atoms with Crippen LogP contribution in [-0.2, 0) is 6.42 Å². The molecule has 0 atom stereocenters. The van der Waals surface area contributed by atoms with Gasteiger partial charge in [-0.25, -0.2) is 15.0 Å². The number of thiazole rings is 1. The fourth-order valence-electron chi connectivity index (χ4n) is 1.92. The molecule has 3 aromatic heterocycles. The van der Waals surface area contributed by atoms with Crippen LogP contribution in [0.5, 0.6) is 5.88 Å². The number of hydrogen-bond donors (Lipinski definition) is 1. The van der Waals surface area contributed by atoms with E-state index in [-0.39, 0.29) is 0 Å². The first-order valence-electron chi connectivity index (χ1n) is 6.80. The largest absolute Gasteiger partial charge is 0.481 e. The Kier molecular flexibility index (Phi) is 4.55. The molecule has 0 saturated heterocycles. The molecule has 0 aromatic carbocycles. The van der Waals surface area contributed by atoms with Crippen LogP contribution >= 0.6 is 11.3 Å². The third-order valence-corrected chi connectivity index (χ3v) is 3.96. The number of methoxy groups -OCH3 is 1. The second-order valence-electron chi connectivity index (χ2n) is 4.50. The van der Waals surface area contributed by atoms with Crippen LogP contribution in [0.4, 0.5) is 5.82 Å². The number of aromatic nitrogens is 4. The van der Waals surface area contributed by atoms with E-state index in [4.69, 9.17) is 4.74 Å². The van der Waals surface area contributed by atoms with Crippen molar-refractivity contribution in [2.75, 3.05) is 19.0 Å². The zero-order chi connectivity index (χ0) is 15.2. The summed E-state index contributed by atoms with van der Waals surface area (Å²) in [5, 5.41) is 6.34. The molecule has 0 amide bonds. The van der Waals surface area contributed by atoms with E-state index in [0.29, 0.717) is 5.88 Å². The Hall–Kier alpha value is -2.54. The fourth-order valence-corrected chi connectivity index (χ4v) is 2.78. The zero-order valence-corrected chi connectivity index (χ0v) is 12.9. The van der Waals surface area contributed by atoms with Gasteiger partial charge in [-0.3, -0.25) is 4.98 Å². The molecule has 0 fully saturated rings. The maximum Gasteiger partial charge on any atom is 0.218 e. The van der Waals surface area contributed by atoms with Crippen molar-refractivity contribution >= 4 is 17.2 Å². The molecule has 0 aliphatic carbocycles. The van der Waals surface area contributed by atoms with E-state index in [2.05, 4.69) is 30.6 Å². The van der Waals surface area contributed by atoms with Gasteiger partial charge in [-0.15, -0.1) is 11.3 Å². The van der Waals surface area contributed by atoms with E-state index < -0.39 is 0 Å². The number of pyridine rings is 1. The van der Waals surface area contributed by atoms with Crippen molar-refractivity contribution in [3.63, 3.8) is 0 Å². The number of rotatable bonds is 6. The number of nitrogens with one attached hydrogen (secondary N) is 1. The molecule has 1 N–H and O–H groups in total. The molecule has 7 heteroatoms. The monoisotopic (exact) mass is 313 g/mol. The highest BCUT2D eigenvalue weighted by atomic mass is 32.1. The van der Waals surface area contributed by atoms with Crippen LogP contribution in [0.3, 0.4) is 0 Å². The van der Waals surface area contributed by atoms with Crippen molar-refractivity contribution < 1.29 is 4.74 Å². The van der Waals surface area contributed by atoms with Gasteiger partial charge in [0, 0.05) is 42.4 Å². The topological polar surface area (TPSA) is 72.8 Å². The minimum Gasteiger partial charge on any atom is -0.481 e. The maximum atomic E-state index is 5.06. The first kappa shape index (κ1) is 14.4. The molecule has 3 heterocycles. The normalized spacial score (nSPS) is 10.4. The van der Waals surface area contributed by atoms with Crippen molar-refractivity contribution in [1.82, 2.24) is 19.9 Å². The molecule has 3 aromatic rings. The van der Waals surface area contributed by atoms with E-state index in [1.165, 1.54) is 6.33 Å². The van der Waals surface area contributed by atoms with Gasteiger partial charge in [-0.1, -0.05) is 0 Å². The van der Waals surface area contributed by atoms with Gasteiger partial charge >= 0.3 is 0 Å². The van der Waals surface area contributed by atoms with Crippen LogP contribution in [0.15, 0.2) is 42.3 Å². The van der Waals surface area contributed by atoms with E-state index in [9.17, 15) is 0 Å². The zero-order valence-electron chi connectivity index (χ0n) is 12.1. The van der Waals surface area contributed by atoms with Crippen LogP contribution < -0.4 is 10.1 Å². The predicted molar refractivity (Wildman–Crippen MR) is 86.1 cm³/mol. The summed E-state index contributed by atoms with van der Waals surface area (Å²) in [5.41, 5.74) is 2.16. The minimum atomic E-state index is 0.547. The Labute approximate surface area is 132 Å². The van der Waals surface area contributed by atoms with Gasteiger partial charge in [-0.05, 0) is 12.1 Å². The Morgan fingerprint density at radius 1 is 1.23 bits per heavy atom. The number of nitrogens with zero attached hydrogens (tertiary/aromatic N) is 4. The Morgan fingerprint density at radius 3 is 2.91 bits per heavy atom. The predicted octanol–water partition coefficient (Wildman–Crippen LogP) is 2.66. The van der Waals surface area contributed by atoms with Crippen LogP contribution in [0.2, 0.25) is 0 Å². The molecule has 0 aliphatic heterocycles. The molecule has 0 saturated carbocycles. The fraction of sp³-hybridized carbons (Fsp3) is 0.200. The SMILES string of the molecule is COc1cc(NCCc2csc(-c3ccncc3)n2)ncn1. The van der Waals surface area contributed by atoms with Crippen molar-refractivity contribution in [3.8, 4) is 16.5 Å². The van der Waals surface area contributed by atoms with E-state index in [1.807, 2.05) is 12.1 Å². The van der Waals surface area contributed by atoms with Crippen LogP contribution in [0.1, 0.15) is 5.69 Å². The summed E-state index contributed by atoms with van der Waals surface area (Å²) in [6.45, 7) is 0.750. The average Bonchev–Trinajstić information content (AvgIpc) is 3.05. The average molecular weight is 313 g/mol. The molecule has 0 aliphatic rings. The summed E-state index contributed by atoms with van der Waals surface area (Å²) in [6.07, 6.45) is 5.86. The smallest absolute Gasteiger partial charge is 0.218 e. The van der Waals surface area contributed by atoms with Crippen molar-refractivity contribution in [2.45, 2.75) is 6.42 Å². The molecule has 0 unspecified atom stereocenters. The summed E-state index contributed by atoms with van der Waals surface area (Å²) in [7, 11) is 1.59. The molecule has 6 nitrogen and oxygen atoms in total. The molecule has 0 radical (unpaired) electrons. The lowest BCUT2D eigenvalue weighted by Crippen LogP contribution is -2.07. The highest BCUT2D eigenvalue weighted by Crippen LogP contribution is 2.23. The van der Waals surface area contributed by atoms with E-state index in [0.717, 1.165) is 35.0 Å². The summed E-state index contributed by atoms with van der Waals surface area (Å²) in [4.78, 5) is 16.8. The molecule has 22 heavy (non-hydrogen) atoms. The second kappa shape index (κ2) is 6.95. The standard InChI is InChI=1S/C15H15N5OS/c1-21-14-8-13(18-10-19-14)17-7-4-12-9-22-15(20-12)11-2-5-16-6-3-11/h2-3,5-6,8-10H,4,7H2,1H3,(H,17,18,19). The highest BCUT2D eigenvalue weighted by Gasteiger charge is 2.05. The minimum absolute atomic E-state index is 0.547. The first-order valence-corrected chi connectivity index (χ1v) is 7.68. The van der Waals surface area contributed by atoms with Gasteiger partial charge in [0.25, 0.3) is 0 Å². The maximum absolute atomic E-state index is 5.06. The lowest BCUT2D eigenvalue weighted by molar-refractivity contribution is 0.397. The summed E-state index contributed by atoms with van der Waals surface area (Å²) >= 11 is 1.64. The van der Waals surface area contributed by atoms with Crippen LogP contribution in [-0.4, -0.2) is 33.6 Å². The Bertz CT molecular complexity index is 732. The Morgan fingerprint density at radius 2 is 2.09 bits per heavy atom. The van der Waals surface area contributed by atoms with Crippen LogP contribution in [0.25, 0.3) is 10.6 Å². The van der Waals surface area contributed by atoms with Gasteiger partial charge in [-0.2, -0.15) is 0 Å². The van der Waals surface area contributed by atoms with Crippen molar-refractivity contribution in [2.24, 2.45) is 0 Å². The van der Waals surface area contributed by atoms with Gasteiger partial charge in [0.1, 0.15) is 17.2 Å². The van der Waals surface area contributed by atoms with Crippen molar-refractivity contribution in [3.05, 3.63) is 48.0 Å². The molecule has 0 spiro atoms. The summed E-state index contributed by atoms with van der Waals surface area (Å²) in [5.74, 6) is 1.29. The van der Waals surface area contributed by atoms with E-state index in [1.54, 1.807) is 36.9 Å². The lowest BCUT2D eigenvalue weighted by atomic mass is 10.3. The highest BCUT2D eigenvalue weighted by molar-refractivity contribution is 7.13.